The van der Waals surface area contributed by atoms with Gasteiger partial charge in [0.15, 0.2) is 0 Å². The van der Waals surface area contributed by atoms with E-state index in [9.17, 15) is 0 Å². The molecule has 0 radical (unpaired) electrons. The molecule has 0 amide bonds. The largest absolute Gasteiger partial charge is 0.497 e. The van der Waals surface area contributed by atoms with E-state index in [2.05, 4.69) is 24.0 Å². The first-order valence-corrected chi connectivity index (χ1v) is 5.86. The third-order valence-corrected chi connectivity index (χ3v) is 3.00. The number of aromatic nitrogens is 2. The van der Waals surface area contributed by atoms with Gasteiger partial charge in [0.1, 0.15) is 11.4 Å². The zero-order valence-electron chi connectivity index (χ0n) is 10.8. The van der Waals surface area contributed by atoms with Crippen LogP contribution in [0.3, 0.4) is 0 Å². The van der Waals surface area contributed by atoms with E-state index in [0.717, 1.165) is 22.7 Å². The molecule has 98 valence electrons. The second kappa shape index (κ2) is 5.45. The van der Waals surface area contributed by atoms with Crippen molar-refractivity contribution in [3.05, 3.63) is 54.4 Å². The number of halogens is 1. The van der Waals surface area contributed by atoms with Crippen molar-refractivity contribution in [2.75, 3.05) is 7.11 Å². The third kappa shape index (κ3) is 2.63. The van der Waals surface area contributed by atoms with Crippen LogP contribution in [-0.2, 0) is 0 Å². The number of nitrogens with zero attached hydrogens (tertiary/aromatic N) is 2. The Bertz CT molecular complexity index is 689. The van der Waals surface area contributed by atoms with Crippen molar-refractivity contribution in [1.29, 1.82) is 0 Å². The first-order chi connectivity index (χ1) is 8.76. The molecule has 0 spiro atoms. The Morgan fingerprint density at radius 3 is 2.53 bits per heavy atom. The third-order valence-electron chi connectivity index (χ3n) is 3.00. The van der Waals surface area contributed by atoms with E-state index < -0.39 is 0 Å². The lowest BCUT2D eigenvalue weighted by Gasteiger charge is -1.99. The predicted molar refractivity (Wildman–Crippen MR) is 82.2 cm³/mol. The van der Waals surface area contributed by atoms with Gasteiger partial charge in [0, 0.05) is 18.0 Å². The number of benzene rings is 1. The quantitative estimate of drug-likeness (QED) is 0.716. The molecule has 0 saturated carbocycles. The lowest BCUT2D eigenvalue weighted by molar-refractivity contribution is 0.415. The monoisotopic (exact) mass is 318 g/mol. The maximum Gasteiger partial charge on any atom is 0.137 e. The van der Waals surface area contributed by atoms with Gasteiger partial charge in [-0.05, 0) is 48.9 Å². The van der Waals surface area contributed by atoms with Gasteiger partial charge in [-0.3, -0.25) is 0 Å². The Balaban J connectivity index is 0.00000133. The van der Waals surface area contributed by atoms with Crippen LogP contribution in [0, 0.1) is 6.92 Å². The average Bonchev–Trinajstić information content (AvgIpc) is 2.81. The van der Waals surface area contributed by atoms with Crippen molar-refractivity contribution in [3.8, 4) is 17.0 Å². The minimum Gasteiger partial charge on any atom is -0.497 e. The summed E-state index contributed by atoms with van der Waals surface area (Å²) in [4.78, 5) is 4.62. The molecule has 3 rings (SSSR count). The molecule has 0 fully saturated rings. The molecule has 0 aliphatic carbocycles. The number of methoxy groups -OCH3 is 1. The van der Waals surface area contributed by atoms with E-state index in [0.29, 0.717) is 0 Å². The Morgan fingerprint density at radius 2 is 1.84 bits per heavy atom. The maximum atomic E-state index is 5.15. The number of hydrogen-bond acceptors (Lipinski definition) is 2. The van der Waals surface area contributed by atoms with E-state index in [-0.39, 0.29) is 17.0 Å². The minimum atomic E-state index is 0. The van der Waals surface area contributed by atoms with Crippen LogP contribution in [0.25, 0.3) is 16.9 Å². The molecule has 0 N–H and O–H groups in total. The highest BCUT2D eigenvalue weighted by molar-refractivity contribution is 8.93. The summed E-state index contributed by atoms with van der Waals surface area (Å²) in [5, 5.41) is 0. The molecule has 19 heavy (non-hydrogen) atoms. The van der Waals surface area contributed by atoms with E-state index in [4.69, 9.17) is 4.74 Å². The first-order valence-electron chi connectivity index (χ1n) is 5.86. The van der Waals surface area contributed by atoms with Crippen molar-refractivity contribution >= 4 is 22.6 Å². The molecule has 0 unspecified atom stereocenters. The van der Waals surface area contributed by atoms with Gasteiger partial charge in [0.2, 0.25) is 0 Å². The molecule has 0 aliphatic heterocycles. The number of aryl methyl sites for hydroxylation is 1. The van der Waals surface area contributed by atoms with E-state index in [1.54, 1.807) is 7.11 Å². The molecule has 0 atom stereocenters. The molecule has 0 saturated heterocycles. The summed E-state index contributed by atoms with van der Waals surface area (Å²) in [7, 11) is 1.67. The Hall–Kier alpha value is -1.81. The van der Waals surface area contributed by atoms with Gasteiger partial charge in [0.25, 0.3) is 0 Å². The van der Waals surface area contributed by atoms with Crippen LogP contribution in [-0.4, -0.2) is 16.5 Å². The van der Waals surface area contributed by atoms with Gasteiger partial charge in [-0.25, -0.2) is 4.98 Å². The van der Waals surface area contributed by atoms with E-state index in [1.807, 2.05) is 41.1 Å². The number of rotatable bonds is 2. The predicted octanol–water partition coefficient (Wildman–Crippen LogP) is 3.90. The number of imidazole rings is 1. The minimum absolute atomic E-state index is 0. The van der Waals surface area contributed by atoms with Gasteiger partial charge in [-0.15, -0.1) is 17.0 Å². The second-order valence-electron chi connectivity index (χ2n) is 4.32. The smallest absolute Gasteiger partial charge is 0.137 e. The van der Waals surface area contributed by atoms with Gasteiger partial charge < -0.3 is 9.14 Å². The summed E-state index contributed by atoms with van der Waals surface area (Å²) < 4.78 is 7.19. The second-order valence-corrected chi connectivity index (χ2v) is 4.32. The first kappa shape index (κ1) is 13.6. The average molecular weight is 319 g/mol. The Morgan fingerprint density at radius 1 is 1.11 bits per heavy atom. The van der Waals surface area contributed by atoms with Gasteiger partial charge in [-0.2, -0.15) is 0 Å². The van der Waals surface area contributed by atoms with Gasteiger partial charge >= 0.3 is 0 Å². The Kier molecular flexibility index (Phi) is 3.90. The molecule has 0 bridgehead atoms. The molecule has 1 aromatic carbocycles. The molecule has 3 nitrogen and oxygen atoms in total. The van der Waals surface area contributed by atoms with E-state index in [1.165, 1.54) is 5.56 Å². The summed E-state index contributed by atoms with van der Waals surface area (Å²) in [6.45, 7) is 2.07. The standard InChI is InChI=1S/C15H14N2O.BrH/c1-11-7-8-17-10-14(16-15(17)9-11)12-3-5-13(18-2)6-4-12;/h3-10H,1-2H3;1H. The molecule has 3 aromatic rings. The summed E-state index contributed by atoms with van der Waals surface area (Å²) in [6, 6.07) is 12.1. The van der Waals surface area contributed by atoms with Crippen molar-refractivity contribution < 1.29 is 4.74 Å². The van der Waals surface area contributed by atoms with Crippen LogP contribution in [0.5, 0.6) is 5.75 Å². The molecule has 0 aliphatic rings. The van der Waals surface area contributed by atoms with Crippen LogP contribution >= 0.6 is 17.0 Å². The number of ether oxygens (including phenoxy) is 1. The highest BCUT2D eigenvalue weighted by Gasteiger charge is 2.04. The Labute approximate surface area is 122 Å². The molecular formula is C15H15BrN2O. The summed E-state index contributed by atoms with van der Waals surface area (Å²) in [6.07, 6.45) is 4.07. The normalized spacial score (nSPS) is 10.2. The molecule has 4 heteroatoms. The zero-order valence-corrected chi connectivity index (χ0v) is 12.5. The fourth-order valence-corrected chi connectivity index (χ4v) is 1.98. The van der Waals surface area contributed by atoms with Crippen LogP contribution in [0.15, 0.2) is 48.8 Å². The number of fused-ring (bicyclic) bond motifs is 1. The lowest BCUT2D eigenvalue weighted by atomic mass is 10.2. The van der Waals surface area contributed by atoms with Crippen LogP contribution < -0.4 is 4.74 Å². The van der Waals surface area contributed by atoms with Crippen molar-refractivity contribution in [2.45, 2.75) is 6.92 Å². The molecule has 2 aromatic heterocycles. The summed E-state index contributed by atoms with van der Waals surface area (Å²) >= 11 is 0. The summed E-state index contributed by atoms with van der Waals surface area (Å²) in [5.74, 6) is 0.860. The SMILES string of the molecule is Br.COc1ccc(-c2cn3ccc(C)cc3n2)cc1. The number of pyridine rings is 1. The van der Waals surface area contributed by atoms with Crippen molar-refractivity contribution in [2.24, 2.45) is 0 Å². The molecule has 2 heterocycles. The van der Waals surface area contributed by atoms with Crippen LogP contribution in [0.4, 0.5) is 0 Å². The fourth-order valence-electron chi connectivity index (χ4n) is 1.98. The van der Waals surface area contributed by atoms with Crippen LogP contribution in [0.2, 0.25) is 0 Å². The van der Waals surface area contributed by atoms with Crippen molar-refractivity contribution in [3.63, 3.8) is 0 Å². The van der Waals surface area contributed by atoms with Gasteiger partial charge in [0.05, 0.1) is 12.8 Å². The number of hydrogen-bond donors (Lipinski definition) is 0. The highest BCUT2D eigenvalue weighted by atomic mass is 79.9. The van der Waals surface area contributed by atoms with Crippen LogP contribution in [0.1, 0.15) is 5.56 Å². The zero-order chi connectivity index (χ0) is 12.5. The topological polar surface area (TPSA) is 26.5 Å². The van der Waals surface area contributed by atoms with E-state index >= 15 is 0 Å². The maximum absolute atomic E-state index is 5.15. The van der Waals surface area contributed by atoms with Crippen molar-refractivity contribution in [1.82, 2.24) is 9.38 Å². The fraction of sp³-hybridized carbons (Fsp3) is 0.133. The highest BCUT2D eigenvalue weighted by Crippen LogP contribution is 2.22. The summed E-state index contributed by atoms with van der Waals surface area (Å²) in [5.41, 5.74) is 4.26. The lowest BCUT2D eigenvalue weighted by Crippen LogP contribution is -1.82. The molecular weight excluding hydrogens is 304 g/mol. The van der Waals surface area contributed by atoms with Gasteiger partial charge in [-0.1, -0.05) is 0 Å².